The largest absolute Gasteiger partial charge is 0.344 e. The van der Waals surface area contributed by atoms with Crippen LogP contribution in [0.4, 0.5) is 4.79 Å². The van der Waals surface area contributed by atoms with E-state index in [1.807, 2.05) is 0 Å². The molecule has 0 saturated carbocycles. The SMILES string of the molecule is O=C(Cn1cnc2sccc2c1=O)NN1C(=O)NC(c2ccccc2)(c2ccccc2)C1=O. The normalized spacial score (nSPS) is 15.0. The van der Waals surface area contributed by atoms with Crippen molar-refractivity contribution < 1.29 is 14.4 Å². The number of hydrogen-bond acceptors (Lipinski definition) is 6. The molecule has 9 nitrogen and oxygen atoms in total. The number of nitrogens with one attached hydrogen (secondary N) is 2. The summed E-state index contributed by atoms with van der Waals surface area (Å²) in [6.45, 7) is -0.404. The maximum atomic E-state index is 13.6. The summed E-state index contributed by atoms with van der Waals surface area (Å²) < 4.78 is 1.13. The summed E-state index contributed by atoms with van der Waals surface area (Å²) in [6, 6.07) is 18.5. The Labute approximate surface area is 191 Å². The number of hydrogen-bond donors (Lipinski definition) is 2. The van der Waals surface area contributed by atoms with Crippen LogP contribution >= 0.6 is 11.3 Å². The molecule has 10 heteroatoms. The number of amides is 4. The summed E-state index contributed by atoms with van der Waals surface area (Å²) in [4.78, 5) is 56.4. The molecular weight excluding hydrogens is 442 g/mol. The fraction of sp³-hybridized carbons (Fsp3) is 0.0870. The lowest BCUT2D eigenvalue weighted by molar-refractivity contribution is -0.138. The maximum Gasteiger partial charge on any atom is 0.344 e. The zero-order valence-electron chi connectivity index (χ0n) is 17.1. The van der Waals surface area contributed by atoms with Crippen LogP contribution in [0.1, 0.15) is 11.1 Å². The lowest BCUT2D eigenvalue weighted by atomic mass is 9.83. The van der Waals surface area contributed by atoms with Crippen LogP contribution in [0.5, 0.6) is 0 Å². The van der Waals surface area contributed by atoms with Crippen LogP contribution in [0.3, 0.4) is 0 Å². The summed E-state index contributed by atoms with van der Waals surface area (Å²) in [6.07, 6.45) is 1.27. The highest BCUT2D eigenvalue weighted by Gasteiger charge is 2.54. The lowest BCUT2D eigenvalue weighted by Gasteiger charge is -2.27. The second-order valence-corrected chi connectivity index (χ2v) is 8.30. The third-order valence-electron chi connectivity index (χ3n) is 5.44. The first-order valence-corrected chi connectivity index (χ1v) is 10.9. The molecule has 5 rings (SSSR count). The first-order valence-electron chi connectivity index (χ1n) is 10.0. The second-order valence-electron chi connectivity index (χ2n) is 7.40. The van der Waals surface area contributed by atoms with Gasteiger partial charge in [-0.25, -0.2) is 9.78 Å². The van der Waals surface area contributed by atoms with Crippen LogP contribution in [0.15, 0.2) is 83.2 Å². The van der Waals surface area contributed by atoms with Crippen LogP contribution in [-0.2, 0) is 21.7 Å². The number of benzene rings is 2. The minimum Gasteiger partial charge on any atom is -0.314 e. The highest BCUT2D eigenvalue weighted by Crippen LogP contribution is 2.35. The Morgan fingerprint density at radius 1 is 0.970 bits per heavy atom. The molecule has 2 aromatic heterocycles. The Morgan fingerprint density at radius 3 is 2.24 bits per heavy atom. The van der Waals surface area contributed by atoms with Crippen molar-refractivity contribution in [2.45, 2.75) is 12.1 Å². The number of imide groups is 1. The molecule has 3 heterocycles. The Bertz CT molecular complexity index is 1390. The molecule has 1 fully saturated rings. The van der Waals surface area contributed by atoms with Gasteiger partial charge in [0.15, 0.2) is 5.54 Å². The van der Waals surface area contributed by atoms with E-state index in [1.165, 1.54) is 17.7 Å². The highest BCUT2D eigenvalue weighted by molar-refractivity contribution is 7.16. The Kier molecular flexibility index (Phi) is 4.98. The number of aromatic nitrogens is 2. The van der Waals surface area contributed by atoms with Crippen LogP contribution in [0.2, 0.25) is 0 Å². The Morgan fingerprint density at radius 2 is 1.61 bits per heavy atom. The number of fused-ring (bicyclic) bond motifs is 1. The van der Waals surface area contributed by atoms with Crippen molar-refractivity contribution in [3.8, 4) is 0 Å². The summed E-state index contributed by atoms with van der Waals surface area (Å²) in [5.41, 5.74) is 1.56. The van der Waals surface area contributed by atoms with Gasteiger partial charge < -0.3 is 5.32 Å². The smallest absolute Gasteiger partial charge is 0.314 e. The van der Waals surface area contributed by atoms with Gasteiger partial charge in [0.05, 0.1) is 11.7 Å². The number of urea groups is 1. The standard InChI is InChI=1S/C23H17N5O4S/c29-18(13-27-14-24-19-17(20(27)30)11-12-33-19)26-28-21(31)23(25-22(28)32,15-7-3-1-4-8-15)16-9-5-2-6-10-16/h1-12,14H,13H2,(H,25,32)(H,26,29). The average molecular weight is 459 g/mol. The quantitative estimate of drug-likeness (QED) is 0.443. The molecule has 164 valence electrons. The molecule has 0 unspecified atom stereocenters. The van der Waals surface area contributed by atoms with E-state index >= 15 is 0 Å². The van der Waals surface area contributed by atoms with E-state index in [0.29, 0.717) is 26.4 Å². The number of carbonyl (C=O) groups excluding carboxylic acids is 3. The van der Waals surface area contributed by atoms with E-state index in [9.17, 15) is 19.2 Å². The van der Waals surface area contributed by atoms with E-state index in [-0.39, 0.29) is 5.56 Å². The molecule has 1 saturated heterocycles. The van der Waals surface area contributed by atoms with E-state index in [2.05, 4.69) is 15.7 Å². The fourth-order valence-electron chi connectivity index (χ4n) is 3.89. The van der Waals surface area contributed by atoms with Crippen molar-refractivity contribution in [1.29, 1.82) is 0 Å². The molecule has 1 aliphatic heterocycles. The fourth-order valence-corrected chi connectivity index (χ4v) is 4.61. The zero-order chi connectivity index (χ0) is 23.0. The highest BCUT2D eigenvalue weighted by atomic mass is 32.1. The maximum absolute atomic E-state index is 13.6. The minimum absolute atomic E-state index is 0.378. The van der Waals surface area contributed by atoms with Gasteiger partial charge in [0.25, 0.3) is 17.4 Å². The molecule has 4 aromatic rings. The van der Waals surface area contributed by atoms with E-state index < -0.39 is 29.9 Å². The van der Waals surface area contributed by atoms with Crippen LogP contribution in [-0.4, -0.2) is 32.4 Å². The Balaban J connectivity index is 1.45. The van der Waals surface area contributed by atoms with E-state index in [0.717, 1.165) is 4.57 Å². The van der Waals surface area contributed by atoms with Gasteiger partial charge >= 0.3 is 6.03 Å². The van der Waals surface area contributed by atoms with Gasteiger partial charge in [-0.2, -0.15) is 5.01 Å². The monoisotopic (exact) mass is 459 g/mol. The number of thiophene rings is 1. The number of rotatable bonds is 5. The zero-order valence-corrected chi connectivity index (χ0v) is 17.9. The van der Waals surface area contributed by atoms with Gasteiger partial charge in [0, 0.05) is 0 Å². The molecule has 0 atom stereocenters. The number of carbonyl (C=O) groups is 3. The third-order valence-corrected chi connectivity index (χ3v) is 6.26. The van der Waals surface area contributed by atoms with Crippen molar-refractivity contribution in [2.75, 3.05) is 0 Å². The molecule has 33 heavy (non-hydrogen) atoms. The summed E-state index contributed by atoms with van der Waals surface area (Å²) in [5.74, 6) is -1.37. The number of nitrogens with zero attached hydrogens (tertiary/aromatic N) is 3. The van der Waals surface area contributed by atoms with Gasteiger partial charge in [-0.15, -0.1) is 11.3 Å². The van der Waals surface area contributed by atoms with E-state index in [4.69, 9.17) is 0 Å². The molecular formula is C23H17N5O4S. The van der Waals surface area contributed by atoms with Crippen molar-refractivity contribution >= 4 is 39.4 Å². The van der Waals surface area contributed by atoms with Gasteiger partial charge in [-0.05, 0) is 22.6 Å². The molecule has 0 spiro atoms. The molecule has 0 aliphatic carbocycles. The van der Waals surface area contributed by atoms with Crippen molar-refractivity contribution in [2.24, 2.45) is 0 Å². The Hall–Kier alpha value is -4.31. The molecule has 1 aliphatic rings. The van der Waals surface area contributed by atoms with Crippen molar-refractivity contribution in [3.05, 3.63) is 99.9 Å². The molecule has 2 N–H and O–H groups in total. The second kappa shape index (κ2) is 7.99. The predicted molar refractivity (Wildman–Crippen MR) is 121 cm³/mol. The van der Waals surface area contributed by atoms with Crippen molar-refractivity contribution in [3.63, 3.8) is 0 Å². The van der Waals surface area contributed by atoms with E-state index in [1.54, 1.807) is 72.1 Å². The molecule has 0 radical (unpaired) electrons. The predicted octanol–water partition coefficient (Wildman–Crippen LogP) is 1.98. The summed E-state index contributed by atoms with van der Waals surface area (Å²) in [5, 5.41) is 5.54. The molecule has 0 bridgehead atoms. The van der Waals surface area contributed by atoms with Crippen LogP contribution in [0.25, 0.3) is 10.2 Å². The van der Waals surface area contributed by atoms with Gasteiger partial charge in [-0.1, -0.05) is 60.7 Å². The third kappa shape index (κ3) is 3.37. The van der Waals surface area contributed by atoms with Gasteiger partial charge in [-0.3, -0.25) is 24.4 Å². The van der Waals surface area contributed by atoms with Crippen LogP contribution < -0.4 is 16.3 Å². The molecule has 4 amide bonds. The average Bonchev–Trinajstić information content (AvgIpc) is 3.42. The minimum atomic E-state index is -1.50. The van der Waals surface area contributed by atoms with Crippen molar-refractivity contribution in [1.82, 2.24) is 25.3 Å². The van der Waals surface area contributed by atoms with Gasteiger partial charge in [0.2, 0.25) is 0 Å². The first-order chi connectivity index (χ1) is 16.0. The summed E-state index contributed by atoms with van der Waals surface area (Å²) in [7, 11) is 0. The van der Waals surface area contributed by atoms with Crippen LogP contribution in [0, 0.1) is 0 Å². The summed E-state index contributed by atoms with van der Waals surface area (Å²) >= 11 is 1.32. The molecule has 2 aromatic carbocycles. The topological polar surface area (TPSA) is 113 Å². The number of hydrazine groups is 1. The first kappa shape index (κ1) is 20.6. The van der Waals surface area contributed by atoms with Gasteiger partial charge in [0.1, 0.15) is 11.4 Å². The lowest BCUT2D eigenvalue weighted by Crippen LogP contribution is -2.50.